The molecule has 136 valence electrons. The number of aryl methyl sites for hydroxylation is 2. The van der Waals surface area contributed by atoms with Crippen LogP contribution in [0.1, 0.15) is 18.2 Å². The highest BCUT2D eigenvalue weighted by Gasteiger charge is 2.49. The van der Waals surface area contributed by atoms with Crippen molar-refractivity contribution in [2.75, 3.05) is 11.9 Å². The molecule has 1 aromatic carbocycles. The van der Waals surface area contributed by atoms with Gasteiger partial charge in [0.25, 0.3) is 5.91 Å². The standard InChI is InChI=1S/C17H18FN5O3/c1-10-8-13(22(3)21-10)19-14(24)9-23-15(25)17(2,20-16(23)26)11-4-6-12(18)7-5-11/h4-8H,9H2,1-3H3,(H,19,24)(H,20,26). The first-order valence-electron chi connectivity index (χ1n) is 7.91. The lowest BCUT2D eigenvalue weighted by molar-refractivity contribution is -0.133. The van der Waals surface area contributed by atoms with Gasteiger partial charge in [0.2, 0.25) is 5.91 Å². The molecule has 0 spiro atoms. The van der Waals surface area contributed by atoms with Gasteiger partial charge >= 0.3 is 6.03 Å². The van der Waals surface area contributed by atoms with E-state index in [-0.39, 0.29) is 0 Å². The van der Waals surface area contributed by atoms with Crippen LogP contribution in [0.5, 0.6) is 0 Å². The lowest BCUT2D eigenvalue weighted by Crippen LogP contribution is -2.42. The summed E-state index contributed by atoms with van der Waals surface area (Å²) in [5, 5.41) is 9.29. The Hall–Kier alpha value is -3.23. The Morgan fingerprint density at radius 2 is 1.96 bits per heavy atom. The van der Waals surface area contributed by atoms with Gasteiger partial charge in [-0.05, 0) is 31.5 Å². The van der Waals surface area contributed by atoms with Crippen LogP contribution in [0.2, 0.25) is 0 Å². The van der Waals surface area contributed by atoms with Crippen LogP contribution in [0.15, 0.2) is 30.3 Å². The molecule has 1 aliphatic rings. The predicted molar refractivity (Wildman–Crippen MR) is 90.6 cm³/mol. The SMILES string of the molecule is Cc1cc(NC(=O)CN2C(=O)NC(C)(c3ccc(F)cc3)C2=O)n(C)n1. The Balaban J connectivity index is 1.75. The zero-order valence-corrected chi connectivity index (χ0v) is 14.5. The third kappa shape index (κ3) is 3.03. The fourth-order valence-corrected chi connectivity index (χ4v) is 2.87. The maximum absolute atomic E-state index is 13.1. The van der Waals surface area contributed by atoms with Crippen molar-refractivity contribution in [3.63, 3.8) is 0 Å². The normalized spacial score (nSPS) is 19.6. The van der Waals surface area contributed by atoms with Crippen molar-refractivity contribution in [3.8, 4) is 0 Å². The Morgan fingerprint density at radius 3 is 2.54 bits per heavy atom. The van der Waals surface area contributed by atoms with Gasteiger partial charge in [-0.3, -0.25) is 19.2 Å². The summed E-state index contributed by atoms with van der Waals surface area (Å²) in [6.07, 6.45) is 0. The highest BCUT2D eigenvalue weighted by atomic mass is 19.1. The number of amides is 4. The largest absolute Gasteiger partial charge is 0.325 e. The molecule has 2 heterocycles. The molecule has 1 aromatic heterocycles. The number of rotatable bonds is 4. The fraction of sp³-hybridized carbons (Fsp3) is 0.294. The first-order valence-corrected chi connectivity index (χ1v) is 7.91. The third-order valence-corrected chi connectivity index (χ3v) is 4.27. The molecule has 3 rings (SSSR count). The molecule has 1 fully saturated rings. The number of nitrogens with one attached hydrogen (secondary N) is 2. The van der Waals surface area contributed by atoms with E-state index in [1.807, 2.05) is 0 Å². The smallest absolute Gasteiger partial charge is 0.319 e. The first-order chi connectivity index (χ1) is 12.2. The topological polar surface area (TPSA) is 96.3 Å². The van der Waals surface area contributed by atoms with Gasteiger partial charge in [0, 0.05) is 13.1 Å². The number of hydrogen-bond donors (Lipinski definition) is 2. The third-order valence-electron chi connectivity index (χ3n) is 4.27. The van der Waals surface area contributed by atoms with Gasteiger partial charge in [-0.15, -0.1) is 0 Å². The number of imide groups is 1. The van der Waals surface area contributed by atoms with E-state index >= 15 is 0 Å². The lowest BCUT2D eigenvalue weighted by Gasteiger charge is -2.22. The fourth-order valence-electron chi connectivity index (χ4n) is 2.87. The minimum absolute atomic E-state index is 0.433. The molecule has 4 amide bonds. The van der Waals surface area contributed by atoms with Crippen molar-refractivity contribution in [1.82, 2.24) is 20.0 Å². The Morgan fingerprint density at radius 1 is 1.31 bits per heavy atom. The monoisotopic (exact) mass is 359 g/mol. The van der Waals surface area contributed by atoms with Crippen molar-refractivity contribution in [2.45, 2.75) is 19.4 Å². The zero-order chi connectivity index (χ0) is 19.1. The van der Waals surface area contributed by atoms with E-state index in [1.54, 1.807) is 20.0 Å². The quantitative estimate of drug-likeness (QED) is 0.804. The molecule has 0 saturated carbocycles. The number of halogens is 1. The summed E-state index contributed by atoms with van der Waals surface area (Å²) < 4.78 is 14.6. The molecule has 1 unspecified atom stereocenters. The van der Waals surface area contributed by atoms with Crippen molar-refractivity contribution < 1.29 is 18.8 Å². The van der Waals surface area contributed by atoms with E-state index in [1.165, 1.54) is 35.9 Å². The van der Waals surface area contributed by atoms with Crippen molar-refractivity contribution >= 4 is 23.7 Å². The number of aromatic nitrogens is 2. The number of hydrogen-bond acceptors (Lipinski definition) is 4. The van der Waals surface area contributed by atoms with Crippen LogP contribution in [-0.2, 0) is 22.2 Å². The maximum atomic E-state index is 13.1. The second kappa shape index (κ2) is 6.25. The van der Waals surface area contributed by atoms with E-state index in [2.05, 4.69) is 15.7 Å². The molecule has 8 nitrogen and oxygen atoms in total. The summed E-state index contributed by atoms with van der Waals surface area (Å²) in [6.45, 7) is 2.86. The average Bonchev–Trinajstić information content (AvgIpc) is 2.99. The zero-order valence-electron chi connectivity index (χ0n) is 14.5. The number of carbonyl (C=O) groups excluding carboxylic acids is 3. The van der Waals surface area contributed by atoms with E-state index in [0.717, 1.165) is 10.6 Å². The molecule has 9 heteroatoms. The van der Waals surface area contributed by atoms with Crippen LogP contribution in [0.3, 0.4) is 0 Å². The van der Waals surface area contributed by atoms with Gasteiger partial charge in [0.15, 0.2) is 0 Å². The molecule has 2 N–H and O–H groups in total. The second-order valence-corrected chi connectivity index (χ2v) is 6.30. The van der Waals surface area contributed by atoms with E-state index in [9.17, 15) is 18.8 Å². The highest BCUT2D eigenvalue weighted by molar-refractivity contribution is 6.10. The van der Waals surface area contributed by atoms with Crippen LogP contribution in [0.4, 0.5) is 15.0 Å². The summed E-state index contributed by atoms with van der Waals surface area (Å²) in [6, 6.07) is 6.26. The van der Waals surface area contributed by atoms with Crippen molar-refractivity contribution in [1.29, 1.82) is 0 Å². The van der Waals surface area contributed by atoms with Gasteiger partial charge in [-0.1, -0.05) is 12.1 Å². The van der Waals surface area contributed by atoms with Crippen molar-refractivity contribution in [2.24, 2.45) is 7.05 Å². The summed E-state index contributed by atoms with van der Waals surface area (Å²) in [5.41, 5.74) is -0.196. The van der Waals surface area contributed by atoms with Crippen LogP contribution in [0.25, 0.3) is 0 Å². The Labute approximate surface area is 149 Å². The van der Waals surface area contributed by atoms with Gasteiger partial charge in [-0.25, -0.2) is 9.18 Å². The summed E-state index contributed by atoms with van der Waals surface area (Å²) in [7, 11) is 1.67. The number of urea groups is 1. The van der Waals surface area contributed by atoms with Gasteiger partial charge in [-0.2, -0.15) is 5.10 Å². The van der Waals surface area contributed by atoms with E-state index in [0.29, 0.717) is 11.4 Å². The van der Waals surface area contributed by atoms with Gasteiger partial charge in [0.1, 0.15) is 23.7 Å². The molecule has 0 aliphatic carbocycles. The average molecular weight is 359 g/mol. The number of benzene rings is 1. The highest BCUT2D eigenvalue weighted by Crippen LogP contribution is 2.28. The molecule has 2 aromatic rings. The molecule has 0 bridgehead atoms. The number of anilines is 1. The molecule has 1 atom stereocenters. The van der Waals surface area contributed by atoms with E-state index in [4.69, 9.17) is 0 Å². The van der Waals surface area contributed by atoms with Crippen LogP contribution < -0.4 is 10.6 Å². The molecule has 1 aliphatic heterocycles. The first kappa shape index (κ1) is 17.6. The minimum atomic E-state index is -1.35. The Bertz CT molecular complexity index is 892. The summed E-state index contributed by atoms with van der Waals surface area (Å²) >= 11 is 0. The summed E-state index contributed by atoms with van der Waals surface area (Å²) in [4.78, 5) is 38.0. The molecule has 26 heavy (non-hydrogen) atoms. The maximum Gasteiger partial charge on any atom is 0.325 e. The number of carbonyl (C=O) groups is 3. The second-order valence-electron chi connectivity index (χ2n) is 6.30. The van der Waals surface area contributed by atoms with Gasteiger partial charge < -0.3 is 10.6 Å². The van der Waals surface area contributed by atoms with Gasteiger partial charge in [0.05, 0.1) is 5.69 Å². The number of nitrogens with zero attached hydrogens (tertiary/aromatic N) is 3. The van der Waals surface area contributed by atoms with Crippen LogP contribution in [-0.4, -0.2) is 39.1 Å². The van der Waals surface area contributed by atoms with E-state index < -0.39 is 35.7 Å². The lowest BCUT2D eigenvalue weighted by atomic mass is 9.92. The molecule has 1 saturated heterocycles. The molecular formula is C17H18FN5O3. The molecular weight excluding hydrogens is 341 g/mol. The minimum Gasteiger partial charge on any atom is -0.319 e. The van der Waals surface area contributed by atoms with Crippen LogP contribution in [0, 0.1) is 12.7 Å². The summed E-state index contributed by atoms with van der Waals surface area (Å²) in [5.74, 6) is -1.09. The molecule has 0 radical (unpaired) electrons. The van der Waals surface area contributed by atoms with Crippen LogP contribution >= 0.6 is 0 Å². The Kier molecular flexibility index (Phi) is 4.23. The predicted octanol–water partition coefficient (Wildman–Crippen LogP) is 1.27. The van der Waals surface area contributed by atoms with Crippen molar-refractivity contribution in [3.05, 3.63) is 47.4 Å².